The molecule has 0 spiro atoms. The zero-order valence-corrected chi connectivity index (χ0v) is 11.7. The third-order valence-electron chi connectivity index (χ3n) is 2.65. The molecule has 0 aliphatic carbocycles. The molecule has 3 aromatic rings. The normalized spacial score (nSPS) is 10.3. The summed E-state index contributed by atoms with van der Waals surface area (Å²) in [6.07, 6.45) is 0. The van der Waals surface area contributed by atoms with Crippen LogP contribution in [0.2, 0.25) is 0 Å². The van der Waals surface area contributed by atoms with Crippen LogP contribution in [-0.2, 0) is 0 Å². The summed E-state index contributed by atoms with van der Waals surface area (Å²) in [5.74, 6) is 0.346. The predicted molar refractivity (Wildman–Crippen MR) is 76.2 cm³/mol. The van der Waals surface area contributed by atoms with E-state index in [1.807, 2.05) is 29.6 Å². The molecule has 0 radical (unpaired) electrons. The van der Waals surface area contributed by atoms with Crippen molar-refractivity contribution in [1.82, 2.24) is 25.6 Å². The zero-order chi connectivity index (χ0) is 14.7. The summed E-state index contributed by atoms with van der Waals surface area (Å²) < 4.78 is 5.18. The lowest BCUT2D eigenvalue weighted by Gasteiger charge is -2.01. The van der Waals surface area contributed by atoms with Crippen molar-refractivity contribution in [3.63, 3.8) is 0 Å². The molecule has 0 unspecified atom stereocenters. The number of carbonyl (C=O) groups excluding carboxylic acids is 1. The van der Waals surface area contributed by atoms with Crippen molar-refractivity contribution in [2.24, 2.45) is 0 Å². The van der Waals surface area contributed by atoms with Gasteiger partial charge < -0.3 is 4.74 Å². The Morgan fingerprint density at radius 3 is 3.10 bits per heavy atom. The van der Waals surface area contributed by atoms with Crippen LogP contribution in [0.15, 0.2) is 29.6 Å². The van der Waals surface area contributed by atoms with E-state index < -0.39 is 5.91 Å². The number of rotatable bonds is 4. The minimum Gasteiger partial charge on any atom is -0.497 e. The monoisotopic (exact) mass is 302 g/mol. The molecule has 0 aliphatic rings. The molecule has 0 aliphatic heterocycles. The van der Waals surface area contributed by atoms with Gasteiger partial charge in [-0.05, 0) is 22.6 Å². The molecule has 0 saturated heterocycles. The second-order valence-electron chi connectivity index (χ2n) is 3.97. The van der Waals surface area contributed by atoms with Gasteiger partial charge in [-0.2, -0.15) is 0 Å². The van der Waals surface area contributed by atoms with E-state index in [1.165, 1.54) is 11.3 Å². The maximum absolute atomic E-state index is 11.8. The van der Waals surface area contributed by atoms with E-state index in [4.69, 9.17) is 4.74 Å². The lowest BCUT2D eigenvalue weighted by Crippen LogP contribution is -2.13. The summed E-state index contributed by atoms with van der Waals surface area (Å²) in [6.45, 7) is 0. The van der Waals surface area contributed by atoms with Crippen molar-refractivity contribution in [2.75, 3.05) is 12.4 Å². The standard InChI is InChI=1S/C12H10N6O2S/c1-20-8-4-2-3-7(5-8)9-6-21-12(13-9)14-11(19)10-15-17-18-16-10/h2-6H,1H3,(H,13,14,19)(H,15,16,17,18). The Hall–Kier alpha value is -2.81. The van der Waals surface area contributed by atoms with Gasteiger partial charge in [-0.25, -0.2) is 10.1 Å². The van der Waals surface area contributed by atoms with Crippen molar-refractivity contribution in [1.29, 1.82) is 0 Å². The molecule has 0 atom stereocenters. The average molecular weight is 302 g/mol. The number of methoxy groups -OCH3 is 1. The number of aromatic nitrogens is 5. The fourth-order valence-electron chi connectivity index (χ4n) is 1.66. The molecule has 106 valence electrons. The van der Waals surface area contributed by atoms with E-state index in [1.54, 1.807) is 7.11 Å². The number of benzene rings is 1. The lowest BCUT2D eigenvalue weighted by atomic mass is 10.2. The van der Waals surface area contributed by atoms with Crippen LogP contribution in [0, 0.1) is 0 Å². The van der Waals surface area contributed by atoms with Gasteiger partial charge in [0, 0.05) is 10.9 Å². The molecule has 2 heterocycles. The van der Waals surface area contributed by atoms with Crippen LogP contribution in [0.4, 0.5) is 5.13 Å². The Morgan fingerprint density at radius 2 is 2.33 bits per heavy atom. The highest BCUT2D eigenvalue weighted by Gasteiger charge is 2.13. The largest absolute Gasteiger partial charge is 0.497 e. The van der Waals surface area contributed by atoms with Crippen LogP contribution >= 0.6 is 11.3 Å². The number of amides is 1. The third-order valence-corrected chi connectivity index (χ3v) is 3.41. The number of nitrogens with zero attached hydrogens (tertiary/aromatic N) is 4. The highest BCUT2D eigenvalue weighted by molar-refractivity contribution is 7.14. The van der Waals surface area contributed by atoms with Gasteiger partial charge in [0.1, 0.15) is 5.75 Å². The first kappa shape index (κ1) is 13.2. The quantitative estimate of drug-likeness (QED) is 0.758. The lowest BCUT2D eigenvalue weighted by molar-refractivity contribution is 0.101. The summed E-state index contributed by atoms with van der Waals surface area (Å²) in [5.41, 5.74) is 1.66. The first-order valence-corrected chi connectivity index (χ1v) is 6.79. The molecule has 0 fully saturated rings. The number of ether oxygens (including phenoxy) is 1. The highest BCUT2D eigenvalue weighted by atomic mass is 32.1. The molecule has 2 N–H and O–H groups in total. The Morgan fingerprint density at radius 1 is 1.43 bits per heavy atom. The fraction of sp³-hybridized carbons (Fsp3) is 0.0833. The van der Waals surface area contributed by atoms with Crippen LogP contribution in [0.3, 0.4) is 0 Å². The maximum atomic E-state index is 11.8. The molecule has 8 nitrogen and oxygen atoms in total. The number of H-pyrrole nitrogens is 1. The van der Waals surface area contributed by atoms with Gasteiger partial charge in [0.05, 0.1) is 12.8 Å². The number of tetrazole rings is 1. The van der Waals surface area contributed by atoms with Crippen LogP contribution in [0.5, 0.6) is 5.75 Å². The van der Waals surface area contributed by atoms with E-state index in [-0.39, 0.29) is 5.82 Å². The second kappa shape index (κ2) is 5.67. The Labute approximate surface area is 123 Å². The summed E-state index contributed by atoms with van der Waals surface area (Å²) in [5, 5.41) is 17.6. The second-order valence-corrected chi connectivity index (χ2v) is 4.83. The smallest absolute Gasteiger partial charge is 0.296 e. The first-order chi connectivity index (χ1) is 10.3. The summed E-state index contributed by atoms with van der Waals surface area (Å²) >= 11 is 1.32. The van der Waals surface area contributed by atoms with Crippen LogP contribution in [0.1, 0.15) is 10.6 Å². The number of hydrogen-bond acceptors (Lipinski definition) is 7. The number of anilines is 1. The average Bonchev–Trinajstić information content (AvgIpc) is 3.18. The Kier molecular flexibility index (Phi) is 3.56. The van der Waals surface area contributed by atoms with Crippen LogP contribution < -0.4 is 10.1 Å². The Balaban J connectivity index is 1.78. The first-order valence-electron chi connectivity index (χ1n) is 5.91. The third kappa shape index (κ3) is 2.87. The van der Waals surface area contributed by atoms with Crippen LogP contribution in [0.25, 0.3) is 11.3 Å². The molecule has 21 heavy (non-hydrogen) atoms. The van der Waals surface area contributed by atoms with Crippen molar-refractivity contribution < 1.29 is 9.53 Å². The van der Waals surface area contributed by atoms with Gasteiger partial charge >= 0.3 is 0 Å². The number of thiazole rings is 1. The van der Waals surface area contributed by atoms with Gasteiger partial charge in [-0.1, -0.05) is 12.1 Å². The van der Waals surface area contributed by atoms with Gasteiger partial charge in [-0.3, -0.25) is 10.1 Å². The minimum atomic E-state index is -0.438. The number of nitrogens with one attached hydrogen (secondary N) is 2. The number of aromatic amines is 1. The predicted octanol–water partition coefficient (Wildman–Crippen LogP) is 1.58. The van der Waals surface area contributed by atoms with Crippen molar-refractivity contribution in [3.05, 3.63) is 35.5 Å². The fourth-order valence-corrected chi connectivity index (χ4v) is 2.37. The maximum Gasteiger partial charge on any atom is 0.296 e. The van der Waals surface area contributed by atoms with E-state index in [9.17, 15) is 4.79 Å². The molecular formula is C12H10N6O2S. The highest BCUT2D eigenvalue weighted by Crippen LogP contribution is 2.27. The number of hydrogen-bond donors (Lipinski definition) is 2. The van der Waals surface area contributed by atoms with E-state index >= 15 is 0 Å². The van der Waals surface area contributed by atoms with Crippen LogP contribution in [-0.4, -0.2) is 38.6 Å². The molecule has 9 heteroatoms. The SMILES string of the molecule is COc1cccc(-c2csc(NC(=O)c3nnn[nH]3)n2)c1. The van der Waals surface area contributed by atoms with Gasteiger partial charge in [0.2, 0.25) is 5.82 Å². The molecule has 2 aromatic heterocycles. The summed E-state index contributed by atoms with van der Waals surface area (Å²) in [7, 11) is 1.61. The van der Waals surface area contributed by atoms with E-state index in [2.05, 4.69) is 30.9 Å². The molecule has 0 bridgehead atoms. The molecule has 0 saturated carbocycles. The van der Waals surface area contributed by atoms with Gasteiger partial charge in [-0.15, -0.1) is 16.4 Å². The van der Waals surface area contributed by atoms with Crippen molar-refractivity contribution in [3.8, 4) is 17.0 Å². The number of carbonyl (C=O) groups is 1. The minimum absolute atomic E-state index is 0.0353. The molecular weight excluding hydrogens is 292 g/mol. The summed E-state index contributed by atoms with van der Waals surface area (Å²) in [6, 6.07) is 7.53. The van der Waals surface area contributed by atoms with E-state index in [0.29, 0.717) is 5.13 Å². The van der Waals surface area contributed by atoms with E-state index in [0.717, 1.165) is 17.0 Å². The van der Waals surface area contributed by atoms with Crippen molar-refractivity contribution >= 4 is 22.4 Å². The zero-order valence-electron chi connectivity index (χ0n) is 10.9. The van der Waals surface area contributed by atoms with Gasteiger partial charge in [0.25, 0.3) is 5.91 Å². The van der Waals surface area contributed by atoms with Crippen molar-refractivity contribution in [2.45, 2.75) is 0 Å². The molecule has 1 amide bonds. The van der Waals surface area contributed by atoms with Gasteiger partial charge in [0.15, 0.2) is 5.13 Å². The molecule has 3 rings (SSSR count). The summed E-state index contributed by atoms with van der Waals surface area (Å²) in [4.78, 5) is 16.1. The molecule has 1 aromatic carbocycles. The topological polar surface area (TPSA) is 106 Å². The Bertz CT molecular complexity index is 755.